The number of pyridine rings is 1. The van der Waals surface area contributed by atoms with Crippen molar-refractivity contribution in [2.45, 2.75) is 11.8 Å². The molecule has 17 heavy (non-hydrogen) atoms. The summed E-state index contributed by atoms with van der Waals surface area (Å²) in [6, 6.07) is 4.77. The van der Waals surface area contributed by atoms with Crippen molar-refractivity contribution in [3.63, 3.8) is 0 Å². The summed E-state index contributed by atoms with van der Waals surface area (Å²) in [6.45, 7) is 1.74. The van der Waals surface area contributed by atoms with Crippen LogP contribution < -0.4 is 0 Å². The molecule has 0 radical (unpaired) electrons. The van der Waals surface area contributed by atoms with E-state index in [-0.39, 0.29) is 10.4 Å². The Kier molecular flexibility index (Phi) is 3.05. The summed E-state index contributed by atoms with van der Waals surface area (Å²) in [6.07, 6.45) is 0. The van der Waals surface area contributed by atoms with E-state index >= 15 is 0 Å². The number of phenolic OH excluding ortho intramolecular Hbond substituents is 1. The third-order valence-corrected chi connectivity index (χ3v) is 4.26. The molecular weight excluding hydrogens is 330 g/mol. The van der Waals surface area contributed by atoms with Crippen LogP contribution in [0.4, 0.5) is 0 Å². The first-order chi connectivity index (χ1) is 7.80. The second-order valence-electron chi connectivity index (χ2n) is 3.49. The summed E-state index contributed by atoms with van der Waals surface area (Å²) >= 11 is 3.22. The van der Waals surface area contributed by atoms with Gasteiger partial charge in [-0.3, -0.25) is 0 Å². The zero-order valence-electron chi connectivity index (χ0n) is 8.61. The molecule has 0 unspecified atom stereocenters. The van der Waals surface area contributed by atoms with Gasteiger partial charge in [0.25, 0.3) is 9.05 Å². The molecule has 0 aliphatic carbocycles. The molecule has 1 aromatic heterocycles. The number of phenols is 1. The maximum Gasteiger partial charge on any atom is 0.265 e. The Hall–Kier alpha value is -0.850. The van der Waals surface area contributed by atoms with Crippen LogP contribution in [0.3, 0.4) is 0 Å². The number of aryl methyl sites for hydroxylation is 1. The van der Waals surface area contributed by atoms with Gasteiger partial charge in [0, 0.05) is 26.2 Å². The van der Waals surface area contributed by atoms with Gasteiger partial charge in [0.2, 0.25) is 0 Å². The van der Waals surface area contributed by atoms with E-state index in [4.69, 9.17) is 10.7 Å². The summed E-state index contributed by atoms with van der Waals surface area (Å²) in [4.78, 5) is 3.76. The van der Waals surface area contributed by atoms with Gasteiger partial charge in [0.1, 0.15) is 10.4 Å². The molecule has 7 heteroatoms. The second-order valence-corrected chi connectivity index (χ2v) is 6.88. The average Bonchev–Trinajstić information content (AvgIpc) is 2.21. The van der Waals surface area contributed by atoms with Crippen LogP contribution >= 0.6 is 26.6 Å². The van der Waals surface area contributed by atoms with E-state index in [1.54, 1.807) is 19.1 Å². The smallest absolute Gasteiger partial charge is 0.265 e. The molecular formula is C10H7BrClNO3S. The molecule has 4 nitrogen and oxygen atoms in total. The van der Waals surface area contributed by atoms with Crippen LogP contribution in [0.25, 0.3) is 10.9 Å². The van der Waals surface area contributed by atoms with Crippen molar-refractivity contribution in [1.82, 2.24) is 4.98 Å². The molecule has 0 bridgehead atoms. The van der Waals surface area contributed by atoms with E-state index in [9.17, 15) is 13.5 Å². The molecule has 1 aromatic carbocycles. The largest absolute Gasteiger partial charge is 0.504 e. The normalized spacial score (nSPS) is 11.9. The number of aromatic nitrogens is 1. The molecule has 1 N–H and O–H groups in total. The third kappa shape index (κ3) is 2.25. The number of nitrogens with zero attached hydrogens (tertiary/aromatic N) is 1. The molecule has 2 rings (SSSR count). The van der Waals surface area contributed by atoms with Gasteiger partial charge in [0.05, 0.1) is 0 Å². The van der Waals surface area contributed by atoms with Crippen molar-refractivity contribution >= 4 is 46.6 Å². The van der Waals surface area contributed by atoms with Crippen molar-refractivity contribution in [2.75, 3.05) is 0 Å². The van der Waals surface area contributed by atoms with Crippen LogP contribution in [0.2, 0.25) is 0 Å². The average molecular weight is 337 g/mol. The topological polar surface area (TPSA) is 67.3 Å². The quantitative estimate of drug-likeness (QED) is 0.813. The van der Waals surface area contributed by atoms with Crippen molar-refractivity contribution in [3.8, 4) is 5.75 Å². The third-order valence-electron chi connectivity index (χ3n) is 2.27. The lowest BCUT2D eigenvalue weighted by Gasteiger charge is -2.07. The van der Waals surface area contributed by atoms with Crippen molar-refractivity contribution in [1.29, 1.82) is 0 Å². The first kappa shape index (κ1) is 12.6. The number of halogens is 2. The molecule has 0 atom stereocenters. The molecule has 0 spiro atoms. The molecule has 0 saturated heterocycles. The highest BCUT2D eigenvalue weighted by molar-refractivity contribution is 9.10. The summed E-state index contributed by atoms with van der Waals surface area (Å²) in [7, 11) is 1.23. The molecule has 90 valence electrons. The summed E-state index contributed by atoms with van der Waals surface area (Å²) in [5.41, 5.74) is 0.877. The predicted octanol–water partition coefficient (Wildman–Crippen LogP) is 2.94. The second kappa shape index (κ2) is 4.12. The number of fused-ring (bicyclic) bond motifs is 1. The summed E-state index contributed by atoms with van der Waals surface area (Å²) < 4.78 is 23.1. The van der Waals surface area contributed by atoms with Gasteiger partial charge in [-0.05, 0) is 25.1 Å². The fourth-order valence-electron chi connectivity index (χ4n) is 1.49. The molecule has 0 fully saturated rings. The Bertz CT molecular complexity index is 715. The van der Waals surface area contributed by atoms with Gasteiger partial charge in [-0.1, -0.05) is 15.9 Å². The zero-order valence-corrected chi connectivity index (χ0v) is 11.8. The molecule has 0 aliphatic rings. The molecule has 0 aliphatic heterocycles. The Balaban J connectivity index is 2.98. The molecule has 1 heterocycles. The highest BCUT2D eigenvalue weighted by Crippen LogP contribution is 2.37. The van der Waals surface area contributed by atoms with E-state index in [1.165, 1.54) is 6.07 Å². The Morgan fingerprint density at radius 3 is 2.65 bits per heavy atom. The van der Waals surface area contributed by atoms with Crippen LogP contribution in [-0.2, 0) is 9.05 Å². The SMILES string of the molecule is Cc1ccc2c(Br)cc(S(=O)(=O)Cl)c(O)c2n1. The molecule has 2 aromatic rings. The van der Waals surface area contributed by atoms with Gasteiger partial charge in [-0.2, -0.15) is 0 Å². The van der Waals surface area contributed by atoms with Crippen LogP contribution in [0.15, 0.2) is 27.6 Å². The lowest BCUT2D eigenvalue weighted by atomic mass is 10.2. The number of rotatable bonds is 1. The minimum absolute atomic E-state index is 0.207. The first-order valence-electron chi connectivity index (χ1n) is 4.54. The number of benzene rings is 1. The van der Waals surface area contributed by atoms with Crippen molar-refractivity contribution in [2.24, 2.45) is 0 Å². The maximum absolute atomic E-state index is 11.3. The number of aromatic hydroxyl groups is 1. The van der Waals surface area contributed by atoms with E-state index in [0.717, 1.165) is 0 Å². The Labute approximate surface area is 111 Å². The van der Waals surface area contributed by atoms with Gasteiger partial charge < -0.3 is 5.11 Å². The molecule has 0 saturated carbocycles. The number of hydrogen-bond donors (Lipinski definition) is 1. The van der Waals surface area contributed by atoms with Crippen LogP contribution in [-0.4, -0.2) is 18.5 Å². The lowest BCUT2D eigenvalue weighted by Crippen LogP contribution is -1.94. The minimum atomic E-state index is -4.01. The van der Waals surface area contributed by atoms with E-state index in [0.29, 0.717) is 15.6 Å². The number of hydrogen-bond acceptors (Lipinski definition) is 4. The Morgan fingerprint density at radius 1 is 1.41 bits per heavy atom. The summed E-state index contributed by atoms with van der Waals surface area (Å²) in [5.74, 6) is -0.429. The summed E-state index contributed by atoms with van der Waals surface area (Å²) in [5, 5.41) is 10.5. The highest BCUT2D eigenvalue weighted by atomic mass is 79.9. The van der Waals surface area contributed by atoms with E-state index in [1.807, 2.05) is 0 Å². The van der Waals surface area contributed by atoms with Gasteiger partial charge in [-0.15, -0.1) is 0 Å². The predicted molar refractivity (Wildman–Crippen MR) is 68.9 cm³/mol. The fraction of sp³-hybridized carbons (Fsp3) is 0.100. The zero-order chi connectivity index (χ0) is 12.8. The first-order valence-corrected chi connectivity index (χ1v) is 7.64. The minimum Gasteiger partial charge on any atom is -0.504 e. The van der Waals surface area contributed by atoms with Gasteiger partial charge >= 0.3 is 0 Å². The Morgan fingerprint density at radius 2 is 2.06 bits per heavy atom. The van der Waals surface area contributed by atoms with Crippen molar-refractivity contribution < 1.29 is 13.5 Å². The maximum atomic E-state index is 11.3. The standard InChI is InChI=1S/C10H7BrClNO3S/c1-5-2-3-6-7(11)4-8(17(12,15)16)10(14)9(6)13-5/h2-4,14H,1H3. The van der Waals surface area contributed by atoms with E-state index in [2.05, 4.69) is 20.9 Å². The monoisotopic (exact) mass is 335 g/mol. The van der Waals surface area contributed by atoms with E-state index < -0.39 is 14.8 Å². The van der Waals surface area contributed by atoms with Gasteiger partial charge in [0.15, 0.2) is 5.75 Å². The van der Waals surface area contributed by atoms with Gasteiger partial charge in [-0.25, -0.2) is 13.4 Å². The highest BCUT2D eigenvalue weighted by Gasteiger charge is 2.20. The molecule has 0 amide bonds. The fourth-order valence-corrected chi connectivity index (χ4v) is 3.13. The lowest BCUT2D eigenvalue weighted by molar-refractivity contribution is 0.464. The van der Waals surface area contributed by atoms with Crippen molar-refractivity contribution in [3.05, 3.63) is 28.4 Å². The van der Waals surface area contributed by atoms with Crippen LogP contribution in [0, 0.1) is 6.92 Å². The van der Waals surface area contributed by atoms with Crippen LogP contribution in [0.1, 0.15) is 5.69 Å². The van der Waals surface area contributed by atoms with Crippen LogP contribution in [0.5, 0.6) is 5.75 Å².